The summed E-state index contributed by atoms with van der Waals surface area (Å²) in [5.74, 6) is 0.0425. The van der Waals surface area contributed by atoms with Crippen molar-refractivity contribution in [3.05, 3.63) is 53.2 Å². The molecule has 1 aliphatic rings. The van der Waals surface area contributed by atoms with Gasteiger partial charge in [0.15, 0.2) is 0 Å². The summed E-state index contributed by atoms with van der Waals surface area (Å²) in [7, 11) is 3.30. The van der Waals surface area contributed by atoms with Gasteiger partial charge in [0.05, 0.1) is 38.9 Å². The first-order valence-corrected chi connectivity index (χ1v) is 12.1. The molecular formula is C25H27N5O3S. The molecule has 2 N–H and O–H groups in total. The van der Waals surface area contributed by atoms with Crippen LogP contribution in [0.4, 0.5) is 16.2 Å². The van der Waals surface area contributed by atoms with Gasteiger partial charge in [-0.05, 0) is 56.2 Å². The van der Waals surface area contributed by atoms with Crippen LogP contribution in [0.3, 0.4) is 0 Å². The van der Waals surface area contributed by atoms with Crippen molar-refractivity contribution in [2.45, 2.75) is 25.8 Å². The van der Waals surface area contributed by atoms with Crippen molar-refractivity contribution in [1.29, 1.82) is 0 Å². The molecule has 4 heterocycles. The van der Waals surface area contributed by atoms with E-state index in [1.54, 1.807) is 24.9 Å². The van der Waals surface area contributed by atoms with Crippen molar-refractivity contribution < 1.29 is 14.3 Å². The molecule has 0 saturated carbocycles. The zero-order valence-corrected chi connectivity index (χ0v) is 20.2. The van der Waals surface area contributed by atoms with E-state index in [1.165, 1.54) is 11.3 Å². The van der Waals surface area contributed by atoms with Crippen LogP contribution in [0.2, 0.25) is 0 Å². The first-order valence-electron chi connectivity index (χ1n) is 11.3. The van der Waals surface area contributed by atoms with E-state index >= 15 is 0 Å². The molecule has 0 bridgehead atoms. The van der Waals surface area contributed by atoms with Gasteiger partial charge in [-0.25, -0.2) is 4.79 Å². The Labute approximate surface area is 201 Å². The third kappa shape index (κ3) is 3.91. The summed E-state index contributed by atoms with van der Waals surface area (Å²) >= 11 is 1.46. The van der Waals surface area contributed by atoms with E-state index in [2.05, 4.69) is 15.6 Å². The second kappa shape index (κ2) is 9.08. The smallest absolute Gasteiger partial charge is 0.325 e. The fourth-order valence-electron chi connectivity index (χ4n) is 4.72. The van der Waals surface area contributed by atoms with Crippen molar-refractivity contribution in [2.24, 2.45) is 0 Å². The molecule has 0 aliphatic carbocycles. The number of carbonyl (C=O) groups excluding carboxylic acids is 2. The quantitative estimate of drug-likeness (QED) is 0.433. The summed E-state index contributed by atoms with van der Waals surface area (Å²) in [6.45, 7) is 3.23. The molecule has 5 rings (SSSR count). The van der Waals surface area contributed by atoms with Gasteiger partial charge in [-0.15, -0.1) is 11.3 Å². The number of aryl methyl sites for hydroxylation is 1. The molecule has 34 heavy (non-hydrogen) atoms. The Morgan fingerprint density at radius 3 is 2.88 bits per heavy atom. The number of hydrogen-bond donors (Lipinski definition) is 2. The second-order valence-electron chi connectivity index (χ2n) is 8.51. The number of rotatable bonds is 5. The molecule has 1 fully saturated rings. The van der Waals surface area contributed by atoms with E-state index in [-0.39, 0.29) is 18.0 Å². The lowest BCUT2D eigenvalue weighted by molar-refractivity contribution is 0.0635. The van der Waals surface area contributed by atoms with Gasteiger partial charge in [-0.1, -0.05) is 0 Å². The fourth-order valence-corrected chi connectivity index (χ4v) is 5.76. The SMILES string of the molecule is CNC(=O)n1c(C)cc2cc(Nc3ccnc4cc(C(=O)N5CCCC5COC)sc34)ccc21. The zero-order chi connectivity index (χ0) is 23.8. The summed E-state index contributed by atoms with van der Waals surface area (Å²) in [6, 6.07) is 11.7. The average molecular weight is 478 g/mol. The molecule has 3 aromatic heterocycles. The normalized spacial score (nSPS) is 15.9. The van der Waals surface area contributed by atoms with Crippen LogP contribution in [-0.2, 0) is 4.74 Å². The molecule has 0 spiro atoms. The number of nitrogens with zero attached hydrogens (tertiary/aromatic N) is 3. The van der Waals surface area contributed by atoms with Crippen LogP contribution in [0.15, 0.2) is 42.6 Å². The minimum Gasteiger partial charge on any atom is -0.383 e. The van der Waals surface area contributed by atoms with Crippen LogP contribution in [0.5, 0.6) is 0 Å². The van der Waals surface area contributed by atoms with Gasteiger partial charge < -0.3 is 20.3 Å². The molecule has 1 aromatic carbocycles. The second-order valence-corrected chi connectivity index (χ2v) is 9.56. The van der Waals surface area contributed by atoms with Crippen molar-refractivity contribution in [2.75, 3.05) is 32.6 Å². The monoisotopic (exact) mass is 477 g/mol. The molecular weight excluding hydrogens is 450 g/mol. The van der Waals surface area contributed by atoms with Gasteiger partial charge in [0.25, 0.3) is 5.91 Å². The number of likely N-dealkylation sites (tertiary alicyclic amines) is 1. The van der Waals surface area contributed by atoms with Crippen molar-refractivity contribution in [3.8, 4) is 0 Å². The molecule has 8 nitrogen and oxygen atoms in total. The third-order valence-electron chi connectivity index (χ3n) is 6.30. The predicted molar refractivity (Wildman–Crippen MR) is 135 cm³/mol. The van der Waals surface area contributed by atoms with Crippen LogP contribution in [0.1, 0.15) is 28.2 Å². The maximum Gasteiger partial charge on any atom is 0.325 e. The molecule has 4 aromatic rings. The van der Waals surface area contributed by atoms with Crippen LogP contribution < -0.4 is 10.6 Å². The first kappa shape index (κ1) is 22.4. The lowest BCUT2D eigenvalue weighted by Gasteiger charge is -2.23. The maximum atomic E-state index is 13.2. The number of thiophene rings is 1. The Hall–Kier alpha value is -3.43. The molecule has 1 unspecified atom stereocenters. The summed E-state index contributed by atoms with van der Waals surface area (Å²) in [5.41, 5.74) is 4.31. The fraction of sp³-hybridized carbons (Fsp3) is 0.320. The van der Waals surface area contributed by atoms with Crippen LogP contribution in [-0.4, -0.2) is 59.7 Å². The van der Waals surface area contributed by atoms with E-state index in [0.29, 0.717) is 11.5 Å². The van der Waals surface area contributed by atoms with Gasteiger partial charge >= 0.3 is 6.03 Å². The Balaban J connectivity index is 1.45. The Kier molecular flexibility index (Phi) is 5.97. The van der Waals surface area contributed by atoms with E-state index < -0.39 is 0 Å². The molecule has 176 valence electrons. The lowest BCUT2D eigenvalue weighted by Crippen LogP contribution is -2.37. The van der Waals surface area contributed by atoms with E-state index in [1.807, 2.05) is 48.2 Å². The highest BCUT2D eigenvalue weighted by atomic mass is 32.1. The summed E-state index contributed by atoms with van der Waals surface area (Å²) < 4.78 is 7.91. The Morgan fingerprint density at radius 1 is 1.24 bits per heavy atom. The van der Waals surface area contributed by atoms with Gasteiger partial charge in [-0.2, -0.15) is 0 Å². The molecule has 1 atom stereocenters. The van der Waals surface area contributed by atoms with Crippen molar-refractivity contribution >= 4 is 55.8 Å². The van der Waals surface area contributed by atoms with Gasteiger partial charge in [-0.3, -0.25) is 14.3 Å². The van der Waals surface area contributed by atoms with Crippen molar-refractivity contribution in [3.63, 3.8) is 0 Å². The number of amides is 2. The summed E-state index contributed by atoms with van der Waals surface area (Å²) in [6.07, 6.45) is 3.72. The predicted octanol–water partition coefficient (Wildman–Crippen LogP) is 4.74. The standard InChI is InChI=1S/C25H27N5O3S/c1-15-11-16-12-17(6-7-21(16)30(15)25(32)26-2)28-19-8-9-27-20-13-22(34-23(19)20)24(31)29-10-4-5-18(29)14-33-3/h6-9,11-13,18H,4-5,10,14H2,1-3H3,(H,26,32)(H,27,28). The number of ether oxygens (including phenoxy) is 1. The Bertz CT molecular complexity index is 1390. The first-order chi connectivity index (χ1) is 16.5. The van der Waals surface area contributed by atoms with E-state index in [9.17, 15) is 9.59 Å². The molecule has 9 heteroatoms. The number of methoxy groups -OCH3 is 1. The highest BCUT2D eigenvalue weighted by Gasteiger charge is 2.30. The third-order valence-corrected chi connectivity index (χ3v) is 7.45. The number of benzene rings is 1. The summed E-state index contributed by atoms with van der Waals surface area (Å²) in [4.78, 5) is 32.6. The summed E-state index contributed by atoms with van der Waals surface area (Å²) in [5, 5.41) is 7.13. The van der Waals surface area contributed by atoms with Gasteiger partial charge in [0.2, 0.25) is 0 Å². The maximum absolute atomic E-state index is 13.2. The molecule has 0 radical (unpaired) electrons. The molecule has 2 amide bonds. The number of aromatic nitrogens is 2. The number of hydrogen-bond acceptors (Lipinski definition) is 6. The van der Waals surface area contributed by atoms with Gasteiger partial charge in [0.1, 0.15) is 0 Å². The zero-order valence-electron chi connectivity index (χ0n) is 19.4. The van der Waals surface area contributed by atoms with Crippen LogP contribution in [0.25, 0.3) is 21.1 Å². The number of carbonyl (C=O) groups is 2. The van der Waals surface area contributed by atoms with Gasteiger partial charge in [0, 0.05) is 43.7 Å². The van der Waals surface area contributed by atoms with Crippen LogP contribution >= 0.6 is 11.3 Å². The van der Waals surface area contributed by atoms with E-state index in [0.717, 1.165) is 57.6 Å². The van der Waals surface area contributed by atoms with Crippen LogP contribution in [0, 0.1) is 6.92 Å². The largest absolute Gasteiger partial charge is 0.383 e. The molecule has 1 aliphatic heterocycles. The number of pyridine rings is 1. The highest BCUT2D eigenvalue weighted by Crippen LogP contribution is 2.35. The highest BCUT2D eigenvalue weighted by molar-refractivity contribution is 7.21. The molecule has 1 saturated heterocycles. The lowest BCUT2D eigenvalue weighted by atomic mass is 10.2. The average Bonchev–Trinajstić information content (AvgIpc) is 3.55. The topological polar surface area (TPSA) is 88.5 Å². The number of nitrogens with one attached hydrogen (secondary N) is 2. The minimum absolute atomic E-state index is 0.0425. The number of fused-ring (bicyclic) bond motifs is 2. The number of anilines is 2. The van der Waals surface area contributed by atoms with Crippen molar-refractivity contribution in [1.82, 2.24) is 19.8 Å². The minimum atomic E-state index is -0.162. The van der Waals surface area contributed by atoms with E-state index in [4.69, 9.17) is 4.74 Å². The Morgan fingerprint density at radius 2 is 2.09 bits per heavy atom.